The second-order valence-electron chi connectivity index (χ2n) is 8.64. The van der Waals surface area contributed by atoms with E-state index in [1.165, 1.54) is 22.0 Å². The SMILES string of the molecule is [C-]#[N+]c1ccc2c(c1)oc1c(-c3cc([Si](C)(C)C)c(C)c[n+]3C)c(C)ccc12. The molecule has 2 aromatic heterocycles. The number of furan rings is 1. The largest absolute Gasteiger partial charge is 0.456 e. The van der Waals surface area contributed by atoms with Gasteiger partial charge in [-0.2, -0.15) is 0 Å². The van der Waals surface area contributed by atoms with Gasteiger partial charge in [-0.15, -0.1) is 0 Å². The van der Waals surface area contributed by atoms with Crippen molar-refractivity contribution in [1.29, 1.82) is 0 Å². The van der Waals surface area contributed by atoms with Crippen molar-refractivity contribution in [2.24, 2.45) is 7.05 Å². The van der Waals surface area contributed by atoms with Crippen molar-refractivity contribution >= 4 is 40.9 Å². The lowest BCUT2D eigenvalue weighted by Crippen LogP contribution is -2.44. The Morgan fingerprint density at radius 2 is 1.68 bits per heavy atom. The van der Waals surface area contributed by atoms with Gasteiger partial charge in [-0.05, 0) is 30.7 Å². The van der Waals surface area contributed by atoms with E-state index >= 15 is 0 Å². The molecular formula is C24H25N2OSi+. The molecule has 2 aromatic carbocycles. The van der Waals surface area contributed by atoms with E-state index in [4.69, 9.17) is 11.0 Å². The van der Waals surface area contributed by atoms with Gasteiger partial charge in [0, 0.05) is 22.4 Å². The lowest BCUT2D eigenvalue weighted by molar-refractivity contribution is -0.660. The first kappa shape index (κ1) is 18.5. The number of pyridine rings is 1. The topological polar surface area (TPSA) is 21.4 Å². The number of aromatic nitrogens is 1. The highest BCUT2D eigenvalue weighted by molar-refractivity contribution is 6.89. The summed E-state index contributed by atoms with van der Waals surface area (Å²) in [5.74, 6) is 0. The fraction of sp³-hybridized carbons (Fsp3) is 0.250. The van der Waals surface area contributed by atoms with Gasteiger partial charge in [-0.3, -0.25) is 0 Å². The van der Waals surface area contributed by atoms with Crippen LogP contribution in [-0.4, -0.2) is 8.07 Å². The summed E-state index contributed by atoms with van der Waals surface area (Å²) in [6.45, 7) is 18.8. The number of hydrogen-bond acceptors (Lipinski definition) is 1. The molecule has 0 fully saturated rings. The zero-order valence-corrected chi connectivity index (χ0v) is 18.3. The highest BCUT2D eigenvalue weighted by Crippen LogP contribution is 2.38. The van der Waals surface area contributed by atoms with E-state index in [-0.39, 0.29) is 0 Å². The Bertz CT molecular complexity index is 1290. The van der Waals surface area contributed by atoms with E-state index in [1.807, 2.05) is 18.2 Å². The van der Waals surface area contributed by atoms with E-state index in [1.54, 1.807) is 0 Å². The lowest BCUT2D eigenvalue weighted by Gasteiger charge is -2.19. The normalized spacial score (nSPS) is 11.9. The molecule has 0 saturated heterocycles. The Morgan fingerprint density at radius 3 is 2.36 bits per heavy atom. The van der Waals surface area contributed by atoms with Crippen LogP contribution in [0.4, 0.5) is 5.69 Å². The Balaban J connectivity index is 2.09. The molecule has 0 aliphatic carbocycles. The fourth-order valence-electron chi connectivity index (χ4n) is 4.15. The Kier molecular flexibility index (Phi) is 4.17. The van der Waals surface area contributed by atoms with Gasteiger partial charge in [0.05, 0.1) is 20.2 Å². The van der Waals surface area contributed by atoms with Crippen LogP contribution in [0.1, 0.15) is 11.1 Å². The van der Waals surface area contributed by atoms with Gasteiger partial charge in [-0.25, -0.2) is 9.41 Å². The van der Waals surface area contributed by atoms with Crippen LogP contribution in [0.5, 0.6) is 0 Å². The average molecular weight is 386 g/mol. The minimum absolute atomic E-state index is 0.603. The molecule has 0 aliphatic heterocycles. The van der Waals surface area contributed by atoms with Gasteiger partial charge in [0.1, 0.15) is 18.2 Å². The van der Waals surface area contributed by atoms with Gasteiger partial charge in [0.25, 0.3) is 0 Å². The second-order valence-corrected chi connectivity index (χ2v) is 13.7. The predicted octanol–water partition coefficient (Wildman–Crippen LogP) is 5.79. The molecule has 0 N–H and O–H groups in total. The predicted molar refractivity (Wildman–Crippen MR) is 119 cm³/mol. The van der Waals surface area contributed by atoms with Crippen molar-refractivity contribution in [3.63, 3.8) is 0 Å². The molecule has 0 atom stereocenters. The number of rotatable bonds is 2. The Morgan fingerprint density at radius 1 is 0.964 bits per heavy atom. The number of hydrogen-bond donors (Lipinski definition) is 0. The molecule has 3 nitrogen and oxygen atoms in total. The summed E-state index contributed by atoms with van der Waals surface area (Å²) in [5, 5.41) is 3.63. The van der Waals surface area contributed by atoms with E-state index < -0.39 is 8.07 Å². The molecule has 140 valence electrons. The van der Waals surface area contributed by atoms with Crippen LogP contribution in [0.25, 0.3) is 38.0 Å². The number of aryl methyl sites for hydroxylation is 3. The molecule has 0 radical (unpaired) electrons. The maximum Gasteiger partial charge on any atom is 0.216 e. The van der Waals surface area contributed by atoms with Gasteiger partial charge < -0.3 is 4.42 Å². The van der Waals surface area contributed by atoms with Crippen molar-refractivity contribution in [2.45, 2.75) is 33.5 Å². The number of nitrogens with zero attached hydrogens (tertiary/aromatic N) is 2. The number of fused-ring (bicyclic) bond motifs is 3. The summed E-state index contributed by atoms with van der Waals surface area (Å²) in [4.78, 5) is 3.54. The average Bonchev–Trinajstić information content (AvgIpc) is 2.99. The van der Waals surface area contributed by atoms with E-state index in [0.717, 1.165) is 27.5 Å². The van der Waals surface area contributed by atoms with Crippen molar-refractivity contribution in [3.8, 4) is 11.3 Å². The minimum atomic E-state index is -1.47. The van der Waals surface area contributed by atoms with Crippen molar-refractivity contribution < 1.29 is 8.98 Å². The standard InChI is InChI=1S/C24H25N2OSi/c1-15-8-10-19-18-11-9-17(25-3)12-21(18)27-24(19)23(15)20-13-22(28(5,6)7)16(2)14-26(20)4/h8-14H,1-2,4-7H3/q+1. The maximum absolute atomic E-state index is 7.28. The molecule has 0 bridgehead atoms. The third-order valence-electron chi connectivity index (χ3n) is 5.50. The van der Waals surface area contributed by atoms with E-state index in [9.17, 15) is 0 Å². The van der Waals surface area contributed by atoms with Crippen LogP contribution in [0.15, 0.2) is 47.0 Å². The molecule has 28 heavy (non-hydrogen) atoms. The summed E-state index contributed by atoms with van der Waals surface area (Å²) in [5.41, 5.74) is 7.13. The third kappa shape index (κ3) is 2.83. The van der Waals surface area contributed by atoms with Crippen LogP contribution in [0.2, 0.25) is 19.6 Å². The lowest BCUT2D eigenvalue weighted by atomic mass is 10.0. The van der Waals surface area contributed by atoms with Crippen LogP contribution >= 0.6 is 0 Å². The first-order valence-electron chi connectivity index (χ1n) is 9.55. The minimum Gasteiger partial charge on any atom is -0.456 e. The molecule has 4 rings (SSSR count). The van der Waals surface area contributed by atoms with Crippen LogP contribution in [0.3, 0.4) is 0 Å². The molecule has 2 heterocycles. The van der Waals surface area contributed by atoms with Crippen molar-refractivity contribution in [3.05, 3.63) is 65.1 Å². The summed E-state index contributed by atoms with van der Waals surface area (Å²) in [6.07, 6.45) is 2.24. The molecule has 0 unspecified atom stereocenters. The third-order valence-corrected chi connectivity index (χ3v) is 7.65. The van der Waals surface area contributed by atoms with Crippen LogP contribution in [-0.2, 0) is 7.05 Å². The summed E-state index contributed by atoms with van der Waals surface area (Å²) in [6, 6.07) is 12.4. The van der Waals surface area contributed by atoms with Gasteiger partial charge in [0.15, 0.2) is 11.9 Å². The molecule has 0 saturated carbocycles. The molecule has 4 aromatic rings. The highest BCUT2D eigenvalue weighted by Gasteiger charge is 2.26. The monoisotopic (exact) mass is 385 g/mol. The smallest absolute Gasteiger partial charge is 0.216 e. The Hall–Kier alpha value is -2.90. The highest BCUT2D eigenvalue weighted by atomic mass is 28.3. The van der Waals surface area contributed by atoms with Gasteiger partial charge >= 0.3 is 0 Å². The van der Waals surface area contributed by atoms with E-state index in [0.29, 0.717) is 5.69 Å². The van der Waals surface area contributed by atoms with Crippen LogP contribution < -0.4 is 9.75 Å². The van der Waals surface area contributed by atoms with Crippen molar-refractivity contribution in [2.75, 3.05) is 0 Å². The maximum atomic E-state index is 7.28. The fourth-order valence-corrected chi connectivity index (χ4v) is 5.97. The quantitative estimate of drug-likeness (QED) is 0.243. The first-order chi connectivity index (χ1) is 13.2. The van der Waals surface area contributed by atoms with Crippen molar-refractivity contribution in [1.82, 2.24) is 0 Å². The van der Waals surface area contributed by atoms with Gasteiger partial charge in [-0.1, -0.05) is 43.9 Å². The van der Waals surface area contributed by atoms with Gasteiger partial charge in [0.2, 0.25) is 5.69 Å². The second kappa shape index (κ2) is 6.32. The summed E-state index contributed by atoms with van der Waals surface area (Å²) >= 11 is 0. The molecule has 4 heteroatoms. The zero-order chi connectivity index (χ0) is 20.2. The molecule has 0 aliphatic rings. The van der Waals surface area contributed by atoms with E-state index in [2.05, 4.69) is 74.3 Å². The molecule has 0 amide bonds. The van der Waals surface area contributed by atoms with Crippen LogP contribution in [0, 0.1) is 20.4 Å². The molecule has 0 spiro atoms. The first-order valence-corrected chi connectivity index (χ1v) is 13.0. The zero-order valence-electron chi connectivity index (χ0n) is 17.3. The Labute approximate surface area is 167 Å². The summed E-state index contributed by atoms with van der Waals surface area (Å²) < 4.78 is 8.53. The summed E-state index contributed by atoms with van der Waals surface area (Å²) in [7, 11) is 0.634. The molecular weight excluding hydrogens is 360 g/mol. The number of benzene rings is 2.